The monoisotopic (exact) mass is 213 g/mol. The molecule has 0 unspecified atom stereocenters. The summed E-state index contributed by atoms with van der Waals surface area (Å²) in [6.07, 6.45) is -0.851. The van der Waals surface area contributed by atoms with Gasteiger partial charge in [0.25, 0.3) is 10.0 Å². The van der Waals surface area contributed by atoms with Crippen LogP contribution in [0.2, 0.25) is 0 Å². The lowest BCUT2D eigenvalue weighted by Crippen LogP contribution is -2.28. The Bertz CT molecular complexity index is 453. The van der Waals surface area contributed by atoms with Crippen molar-refractivity contribution in [1.82, 2.24) is 0 Å². The molecule has 5 nitrogen and oxygen atoms in total. The van der Waals surface area contributed by atoms with Crippen LogP contribution < -0.4 is 4.31 Å². The molecule has 0 atom stereocenters. The molecule has 2 rings (SSSR count). The number of hydrogen-bond acceptors (Lipinski definition) is 4. The van der Waals surface area contributed by atoms with Crippen molar-refractivity contribution in [3.05, 3.63) is 30.3 Å². The topological polar surface area (TPSA) is 63.7 Å². The highest BCUT2D eigenvalue weighted by molar-refractivity contribution is 7.93. The molecule has 74 valence electrons. The number of ether oxygens (including phenoxy) is 1. The van der Waals surface area contributed by atoms with Gasteiger partial charge < -0.3 is 4.74 Å². The molecule has 0 radical (unpaired) electrons. The molecular weight excluding hydrogens is 206 g/mol. The lowest BCUT2D eigenvalue weighted by atomic mass is 10.3. The van der Waals surface area contributed by atoms with E-state index in [4.69, 9.17) is 0 Å². The molecule has 1 aromatic carbocycles. The molecule has 0 saturated carbocycles. The van der Waals surface area contributed by atoms with Gasteiger partial charge in [-0.15, -0.1) is 0 Å². The average molecular weight is 213 g/mol. The third-order valence-electron chi connectivity index (χ3n) is 1.77. The minimum atomic E-state index is -3.63. The highest BCUT2D eigenvalue weighted by atomic mass is 32.2. The number of carbonyl (C=O) groups excluding carboxylic acids is 1. The van der Waals surface area contributed by atoms with Gasteiger partial charge in [0.05, 0.1) is 5.69 Å². The Morgan fingerprint density at radius 2 is 1.86 bits per heavy atom. The second-order valence-electron chi connectivity index (χ2n) is 2.74. The summed E-state index contributed by atoms with van der Waals surface area (Å²) in [5.41, 5.74) is 0.301. The molecular formula is C8H7NO4S. The fraction of sp³-hybridized carbons (Fsp3) is 0.125. The molecule has 1 aromatic rings. The van der Waals surface area contributed by atoms with Crippen LogP contribution in [0.25, 0.3) is 0 Å². The largest absolute Gasteiger partial charge is 0.430 e. The molecule has 1 aliphatic rings. The fourth-order valence-corrected chi connectivity index (χ4v) is 2.26. The minimum absolute atomic E-state index is 0.301. The van der Waals surface area contributed by atoms with Crippen molar-refractivity contribution in [2.75, 3.05) is 10.2 Å². The van der Waals surface area contributed by atoms with Gasteiger partial charge in [-0.05, 0) is 12.1 Å². The maximum absolute atomic E-state index is 11.4. The van der Waals surface area contributed by atoms with E-state index in [1.807, 2.05) is 0 Å². The van der Waals surface area contributed by atoms with E-state index in [1.165, 1.54) is 12.1 Å². The highest BCUT2D eigenvalue weighted by Crippen LogP contribution is 2.23. The van der Waals surface area contributed by atoms with Crippen LogP contribution in [-0.4, -0.2) is 20.4 Å². The van der Waals surface area contributed by atoms with Crippen molar-refractivity contribution in [3.63, 3.8) is 0 Å². The summed E-state index contributed by atoms with van der Waals surface area (Å²) >= 11 is 0. The van der Waals surface area contributed by atoms with E-state index >= 15 is 0 Å². The zero-order valence-corrected chi connectivity index (χ0v) is 7.90. The van der Waals surface area contributed by atoms with Gasteiger partial charge in [-0.25, -0.2) is 13.2 Å². The van der Waals surface area contributed by atoms with Gasteiger partial charge >= 0.3 is 6.09 Å². The van der Waals surface area contributed by atoms with Gasteiger partial charge in [0.1, 0.15) is 0 Å². The second kappa shape index (κ2) is 2.98. The second-order valence-corrected chi connectivity index (χ2v) is 4.50. The van der Waals surface area contributed by atoms with Gasteiger partial charge in [0.15, 0.2) is 0 Å². The molecule has 1 fully saturated rings. The number of rotatable bonds is 1. The van der Waals surface area contributed by atoms with Crippen LogP contribution in [0.5, 0.6) is 0 Å². The summed E-state index contributed by atoms with van der Waals surface area (Å²) in [6, 6.07) is 8.10. The van der Waals surface area contributed by atoms with E-state index in [9.17, 15) is 13.2 Å². The highest BCUT2D eigenvalue weighted by Gasteiger charge is 2.38. The van der Waals surface area contributed by atoms with Gasteiger partial charge in [-0.2, -0.15) is 4.31 Å². The SMILES string of the molecule is O=C1OCS(=O)(=O)N1c1ccccc1. The first kappa shape index (κ1) is 9.01. The standard InChI is InChI=1S/C8H7NO4S/c10-8-9(14(11,12)6-13-8)7-4-2-1-3-5-7/h1-5H,6H2. The first-order valence-electron chi connectivity index (χ1n) is 3.86. The summed E-state index contributed by atoms with van der Waals surface area (Å²) in [6.45, 7) is 0. The molecule has 1 amide bonds. The van der Waals surface area contributed by atoms with Gasteiger partial charge in [0.2, 0.25) is 5.94 Å². The quantitative estimate of drug-likeness (QED) is 0.696. The Balaban J connectivity index is 2.49. The van der Waals surface area contributed by atoms with E-state index < -0.39 is 22.1 Å². The molecule has 0 spiro atoms. The molecule has 1 heterocycles. The number of nitrogens with zero attached hydrogens (tertiary/aromatic N) is 1. The molecule has 6 heteroatoms. The summed E-state index contributed by atoms with van der Waals surface area (Å²) in [7, 11) is -3.63. The molecule has 0 aliphatic carbocycles. The van der Waals surface area contributed by atoms with E-state index in [-0.39, 0.29) is 0 Å². The number of amides is 1. The van der Waals surface area contributed by atoms with E-state index in [0.717, 1.165) is 0 Å². The third-order valence-corrected chi connectivity index (χ3v) is 3.10. The lowest BCUT2D eigenvalue weighted by Gasteiger charge is -2.10. The van der Waals surface area contributed by atoms with Crippen molar-refractivity contribution < 1.29 is 17.9 Å². The maximum atomic E-state index is 11.4. The minimum Gasteiger partial charge on any atom is -0.430 e. The van der Waals surface area contributed by atoms with Gasteiger partial charge in [-0.1, -0.05) is 18.2 Å². The number of hydrogen-bond donors (Lipinski definition) is 0. The van der Waals surface area contributed by atoms with Gasteiger partial charge in [-0.3, -0.25) is 0 Å². The molecule has 1 saturated heterocycles. The van der Waals surface area contributed by atoms with Crippen molar-refractivity contribution in [2.45, 2.75) is 0 Å². The predicted molar refractivity (Wildman–Crippen MR) is 49.2 cm³/mol. The Hall–Kier alpha value is -1.56. The lowest BCUT2D eigenvalue weighted by molar-refractivity contribution is 0.183. The van der Waals surface area contributed by atoms with Crippen LogP contribution in [0, 0.1) is 0 Å². The number of para-hydroxylation sites is 1. The fourth-order valence-electron chi connectivity index (χ4n) is 1.18. The Kier molecular flexibility index (Phi) is 1.92. The van der Waals surface area contributed by atoms with Crippen molar-refractivity contribution in [2.24, 2.45) is 0 Å². The maximum Gasteiger partial charge on any atom is 0.429 e. The first-order valence-corrected chi connectivity index (χ1v) is 5.47. The average Bonchev–Trinajstić information content (AvgIpc) is 2.42. The molecule has 0 bridgehead atoms. The van der Waals surface area contributed by atoms with Crippen LogP contribution in [0.1, 0.15) is 0 Å². The van der Waals surface area contributed by atoms with Crippen LogP contribution >= 0.6 is 0 Å². The van der Waals surface area contributed by atoms with Crippen LogP contribution in [0.3, 0.4) is 0 Å². The van der Waals surface area contributed by atoms with Crippen molar-refractivity contribution in [3.8, 4) is 0 Å². The first-order chi connectivity index (χ1) is 6.61. The summed E-state index contributed by atoms with van der Waals surface area (Å²) in [5, 5.41) is 0. The number of carbonyl (C=O) groups is 1. The van der Waals surface area contributed by atoms with Crippen LogP contribution in [-0.2, 0) is 14.8 Å². The number of sulfonamides is 1. The molecule has 0 aromatic heterocycles. The third kappa shape index (κ3) is 1.33. The summed E-state index contributed by atoms with van der Waals surface area (Å²) in [4.78, 5) is 11.1. The summed E-state index contributed by atoms with van der Waals surface area (Å²) < 4.78 is 27.8. The van der Waals surface area contributed by atoms with Gasteiger partial charge in [0, 0.05) is 0 Å². The van der Waals surface area contributed by atoms with Crippen molar-refractivity contribution in [1.29, 1.82) is 0 Å². The van der Waals surface area contributed by atoms with E-state index in [2.05, 4.69) is 4.74 Å². The summed E-state index contributed by atoms with van der Waals surface area (Å²) in [5.74, 6) is -0.583. The number of cyclic esters (lactones) is 1. The normalized spacial score (nSPS) is 19.4. The van der Waals surface area contributed by atoms with E-state index in [0.29, 0.717) is 9.99 Å². The predicted octanol–water partition coefficient (Wildman–Crippen LogP) is 0.931. The van der Waals surface area contributed by atoms with E-state index in [1.54, 1.807) is 18.2 Å². The Morgan fingerprint density at radius 3 is 2.36 bits per heavy atom. The molecule has 1 aliphatic heterocycles. The molecule has 0 N–H and O–H groups in total. The van der Waals surface area contributed by atoms with Crippen molar-refractivity contribution >= 4 is 21.8 Å². The number of benzene rings is 1. The Labute approximate surface area is 81.0 Å². The zero-order valence-electron chi connectivity index (χ0n) is 7.08. The Morgan fingerprint density at radius 1 is 1.21 bits per heavy atom. The zero-order chi connectivity index (χ0) is 10.2. The van der Waals surface area contributed by atoms with Crippen LogP contribution in [0.4, 0.5) is 10.5 Å². The number of anilines is 1. The molecule has 14 heavy (non-hydrogen) atoms. The van der Waals surface area contributed by atoms with Crippen LogP contribution in [0.15, 0.2) is 30.3 Å². The smallest absolute Gasteiger partial charge is 0.429 e.